The number of anilines is 1. The number of likely N-dealkylation sites (tertiary alicyclic amines) is 1. The van der Waals surface area contributed by atoms with Gasteiger partial charge in [-0.1, -0.05) is 18.2 Å². The Hall–Kier alpha value is -3.47. The lowest BCUT2D eigenvalue weighted by atomic mass is 9.98. The van der Waals surface area contributed by atoms with Gasteiger partial charge in [-0.15, -0.1) is 0 Å². The van der Waals surface area contributed by atoms with Gasteiger partial charge in [0.05, 0.1) is 22.9 Å². The van der Waals surface area contributed by atoms with Crippen LogP contribution in [0.4, 0.5) is 18.9 Å². The predicted octanol–water partition coefficient (Wildman–Crippen LogP) is 4.43. The Kier molecular flexibility index (Phi) is 6.18. The number of aromatic amines is 1. The van der Waals surface area contributed by atoms with E-state index >= 15 is 0 Å². The average molecular weight is 501 g/mol. The minimum Gasteiger partial charge on any atom is -0.345 e. The van der Waals surface area contributed by atoms with Gasteiger partial charge in [0, 0.05) is 18.8 Å². The first kappa shape index (κ1) is 23.3. The highest BCUT2D eigenvalue weighted by molar-refractivity contribution is 7.80. The summed E-state index contributed by atoms with van der Waals surface area (Å²) in [5, 5.41) is 3.17. The molecule has 35 heavy (non-hydrogen) atoms. The maximum Gasteiger partial charge on any atom is 0.416 e. The number of thiocarbonyl (C=S) groups is 1. The van der Waals surface area contributed by atoms with Crippen LogP contribution in [0, 0.1) is 0 Å². The standard InChI is InChI=1S/C24H23F3N6OS/c25-24(26,27)17-7-3-2-6-16(17)21-22(28-13-20(34)32-10-4-1-5-11-32)31-23(35)33(21)15-8-9-18-19(12-15)30-14-29-18/h2-3,6-9,12,14,21H,1,4-5,10-11,13H2,(H,29,30)(H,28,31,35). The first-order valence-corrected chi connectivity index (χ1v) is 11.8. The summed E-state index contributed by atoms with van der Waals surface area (Å²) in [6.45, 7) is 1.18. The third-order valence-electron chi connectivity index (χ3n) is 6.31. The summed E-state index contributed by atoms with van der Waals surface area (Å²) in [6, 6.07) is 9.70. The molecule has 0 saturated carbocycles. The molecule has 1 aromatic heterocycles. The Morgan fingerprint density at radius 3 is 2.69 bits per heavy atom. The van der Waals surface area contributed by atoms with Crippen LogP contribution in [0.25, 0.3) is 11.0 Å². The number of carbonyl (C=O) groups is 1. The maximum atomic E-state index is 14.0. The summed E-state index contributed by atoms with van der Waals surface area (Å²) in [5.41, 5.74) is 1.23. The van der Waals surface area contributed by atoms with Gasteiger partial charge in [0.1, 0.15) is 18.4 Å². The van der Waals surface area contributed by atoms with E-state index < -0.39 is 17.8 Å². The molecule has 0 radical (unpaired) electrons. The van der Waals surface area contributed by atoms with E-state index in [2.05, 4.69) is 20.3 Å². The summed E-state index contributed by atoms with van der Waals surface area (Å²) in [4.78, 5) is 27.8. The monoisotopic (exact) mass is 500 g/mol. The number of amides is 1. The molecule has 182 valence electrons. The highest BCUT2D eigenvalue weighted by Gasteiger charge is 2.42. The van der Waals surface area contributed by atoms with E-state index in [-0.39, 0.29) is 29.0 Å². The van der Waals surface area contributed by atoms with Crippen molar-refractivity contribution in [1.82, 2.24) is 20.2 Å². The molecule has 2 aliphatic rings. The minimum absolute atomic E-state index is 0.00125. The van der Waals surface area contributed by atoms with E-state index in [4.69, 9.17) is 12.2 Å². The number of H-pyrrole nitrogens is 1. The average Bonchev–Trinajstić information content (AvgIpc) is 3.45. The van der Waals surface area contributed by atoms with E-state index in [1.807, 2.05) is 0 Å². The van der Waals surface area contributed by atoms with Crippen molar-refractivity contribution in [1.29, 1.82) is 0 Å². The van der Waals surface area contributed by atoms with Crippen LogP contribution in [0.3, 0.4) is 0 Å². The van der Waals surface area contributed by atoms with Gasteiger partial charge in [0.25, 0.3) is 0 Å². The van der Waals surface area contributed by atoms with Gasteiger partial charge >= 0.3 is 6.18 Å². The molecule has 3 heterocycles. The molecule has 7 nitrogen and oxygen atoms in total. The molecule has 2 saturated heterocycles. The number of nitrogens with zero attached hydrogens (tertiary/aromatic N) is 4. The zero-order chi connectivity index (χ0) is 24.6. The molecule has 0 aliphatic carbocycles. The number of benzene rings is 2. The third-order valence-corrected chi connectivity index (χ3v) is 6.61. The van der Waals surface area contributed by atoms with Gasteiger partial charge < -0.3 is 20.1 Å². The van der Waals surface area contributed by atoms with Crippen LogP contribution in [0.15, 0.2) is 53.8 Å². The zero-order valence-corrected chi connectivity index (χ0v) is 19.5. The molecule has 0 spiro atoms. The second-order valence-electron chi connectivity index (χ2n) is 8.53. The molecule has 1 atom stereocenters. The normalized spacial score (nSPS) is 20.0. The highest BCUT2D eigenvalue weighted by atomic mass is 32.1. The lowest BCUT2D eigenvalue weighted by Gasteiger charge is -2.28. The Morgan fingerprint density at radius 1 is 1.14 bits per heavy atom. The molecule has 2 fully saturated rings. The number of halogens is 3. The fraction of sp³-hybridized carbons (Fsp3) is 0.333. The maximum absolute atomic E-state index is 14.0. The number of hydrogen-bond donors (Lipinski definition) is 2. The first-order chi connectivity index (χ1) is 16.8. The van der Waals surface area contributed by atoms with Gasteiger partial charge in [-0.3, -0.25) is 9.79 Å². The largest absolute Gasteiger partial charge is 0.416 e. The molecule has 5 rings (SSSR count). The number of carbonyl (C=O) groups excluding carboxylic acids is 1. The van der Waals surface area contributed by atoms with Crippen molar-refractivity contribution in [2.45, 2.75) is 31.5 Å². The Morgan fingerprint density at radius 2 is 1.91 bits per heavy atom. The second kappa shape index (κ2) is 9.29. The van der Waals surface area contributed by atoms with Gasteiger partial charge in [-0.05, 0) is 61.3 Å². The molecule has 3 aromatic rings. The molecular weight excluding hydrogens is 477 g/mol. The number of rotatable bonds is 4. The molecule has 1 amide bonds. The lowest BCUT2D eigenvalue weighted by Crippen LogP contribution is -2.37. The van der Waals surface area contributed by atoms with Crippen LogP contribution in [-0.4, -0.2) is 51.4 Å². The van der Waals surface area contributed by atoms with Gasteiger partial charge in [-0.25, -0.2) is 4.98 Å². The summed E-state index contributed by atoms with van der Waals surface area (Å²) >= 11 is 5.55. The van der Waals surface area contributed by atoms with Crippen molar-refractivity contribution >= 4 is 45.8 Å². The van der Waals surface area contributed by atoms with Crippen molar-refractivity contribution in [3.63, 3.8) is 0 Å². The fourth-order valence-corrected chi connectivity index (χ4v) is 4.93. The number of amidine groups is 1. The summed E-state index contributed by atoms with van der Waals surface area (Å²) in [7, 11) is 0. The van der Waals surface area contributed by atoms with E-state index in [0.29, 0.717) is 24.3 Å². The topological polar surface area (TPSA) is 76.6 Å². The summed E-state index contributed by atoms with van der Waals surface area (Å²) < 4.78 is 42.0. The SMILES string of the molecule is O=C(C/N=C1\NC(=S)N(c2ccc3[nH]cnc3c2)C1c1ccccc1C(F)(F)F)N1CCCCC1. The Balaban J connectivity index is 1.56. The first-order valence-electron chi connectivity index (χ1n) is 11.3. The predicted molar refractivity (Wildman–Crippen MR) is 131 cm³/mol. The van der Waals surface area contributed by atoms with Crippen molar-refractivity contribution in [3.8, 4) is 0 Å². The third kappa shape index (κ3) is 4.60. The van der Waals surface area contributed by atoms with Gasteiger partial charge in [-0.2, -0.15) is 13.2 Å². The Labute approximate surface area is 205 Å². The summed E-state index contributed by atoms with van der Waals surface area (Å²) in [6.07, 6.45) is -0.0665. The number of hydrogen-bond acceptors (Lipinski definition) is 4. The summed E-state index contributed by atoms with van der Waals surface area (Å²) in [5.74, 6) is 0.0587. The van der Waals surface area contributed by atoms with Gasteiger partial charge in [0.15, 0.2) is 5.11 Å². The van der Waals surface area contributed by atoms with E-state index in [9.17, 15) is 18.0 Å². The number of nitrogens with one attached hydrogen (secondary N) is 2. The van der Waals surface area contributed by atoms with Crippen LogP contribution >= 0.6 is 12.2 Å². The molecule has 2 N–H and O–H groups in total. The lowest BCUT2D eigenvalue weighted by molar-refractivity contribution is -0.138. The van der Waals surface area contributed by atoms with E-state index in [1.54, 1.807) is 40.4 Å². The van der Waals surface area contributed by atoms with E-state index in [1.165, 1.54) is 12.1 Å². The molecule has 1 unspecified atom stereocenters. The number of alkyl halides is 3. The quantitative estimate of drug-likeness (QED) is 0.519. The minimum atomic E-state index is -4.58. The van der Waals surface area contributed by atoms with Crippen LogP contribution in [-0.2, 0) is 11.0 Å². The van der Waals surface area contributed by atoms with Crippen molar-refractivity contribution in [3.05, 3.63) is 59.9 Å². The Bertz CT molecular complexity index is 1300. The highest BCUT2D eigenvalue weighted by Crippen LogP contribution is 2.40. The molecule has 0 bridgehead atoms. The smallest absolute Gasteiger partial charge is 0.345 e. The number of aliphatic imine (C=N–C) groups is 1. The molecule has 2 aromatic carbocycles. The van der Waals surface area contributed by atoms with Crippen LogP contribution < -0.4 is 10.2 Å². The number of piperidine rings is 1. The number of imidazole rings is 1. The van der Waals surface area contributed by atoms with E-state index in [0.717, 1.165) is 30.8 Å². The molecule has 11 heteroatoms. The molecule has 2 aliphatic heterocycles. The van der Waals surface area contributed by atoms with Crippen LogP contribution in [0.2, 0.25) is 0 Å². The zero-order valence-electron chi connectivity index (χ0n) is 18.7. The number of fused-ring (bicyclic) bond motifs is 1. The van der Waals surface area contributed by atoms with Crippen LogP contribution in [0.5, 0.6) is 0 Å². The molecular formula is C24H23F3N6OS. The fourth-order valence-electron chi connectivity index (χ4n) is 4.62. The van der Waals surface area contributed by atoms with Crippen molar-refractivity contribution < 1.29 is 18.0 Å². The number of aromatic nitrogens is 2. The van der Waals surface area contributed by atoms with Crippen molar-refractivity contribution in [2.24, 2.45) is 4.99 Å². The second-order valence-corrected chi connectivity index (χ2v) is 8.92. The van der Waals surface area contributed by atoms with Gasteiger partial charge in [0.2, 0.25) is 5.91 Å². The van der Waals surface area contributed by atoms with Crippen LogP contribution in [0.1, 0.15) is 36.4 Å². The van der Waals surface area contributed by atoms with Crippen molar-refractivity contribution in [2.75, 3.05) is 24.5 Å².